The minimum absolute atomic E-state index is 0.163. The van der Waals surface area contributed by atoms with Crippen LogP contribution in [0.4, 0.5) is 0 Å². The molecule has 0 spiro atoms. The van der Waals surface area contributed by atoms with Crippen molar-refractivity contribution < 1.29 is 4.74 Å². The third-order valence-corrected chi connectivity index (χ3v) is 5.12. The number of hydrogen-bond donors (Lipinski definition) is 2. The molecule has 0 bridgehead atoms. The molecule has 5 nitrogen and oxygen atoms in total. The van der Waals surface area contributed by atoms with Gasteiger partial charge in [0.2, 0.25) is 0 Å². The lowest BCUT2D eigenvalue weighted by atomic mass is 9.78. The SMILES string of the molecule is CCNC(=NCc1ccc(CN(C)C)cc1)NCC1CCCOC1C(C)(C)C. The molecule has 28 heavy (non-hydrogen) atoms. The maximum Gasteiger partial charge on any atom is 0.191 e. The summed E-state index contributed by atoms with van der Waals surface area (Å²) in [5.41, 5.74) is 2.72. The number of guanidine groups is 1. The van der Waals surface area contributed by atoms with Crippen LogP contribution in [0, 0.1) is 11.3 Å². The minimum atomic E-state index is 0.163. The van der Waals surface area contributed by atoms with E-state index in [4.69, 9.17) is 9.73 Å². The first-order chi connectivity index (χ1) is 13.3. The monoisotopic (exact) mass is 388 g/mol. The fourth-order valence-corrected chi connectivity index (χ4v) is 3.86. The van der Waals surface area contributed by atoms with E-state index in [1.54, 1.807) is 0 Å². The molecule has 1 saturated heterocycles. The molecular weight excluding hydrogens is 348 g/mol. The number of benzene rings is 1. The van der Waals surface area contributed by atoms with E-state index < -0.39 is 0 Å². The van der Waals surface area contributed by atoms with Crippen LogP contribution in [0.25, 0.3) is 0 Å². The maximum absolute atomic E-state index is 6.11. The first-order valence-corrected chi connectivity index (χ1v) is 10.7. The van der Waals surface area contributed by atoms with Crippen molar-refractivity contribution in [2.75, 3.05) is 33.8 Å². The van der Waals surface area contributed by atoms with Crippen molar-refractivity contribution in [1.82, 2.24) is 15.5 Å². The van der Waals surface area contributed by atoms with Gasteiger partial charge >= 0.3 is 0 Å². The van der Waals surface area contributed by atoms with E-state index in [1.165, 1.54) is 17.5 Å². The minimum Gasteiger partial charge on any atom is -0.377 e. The second kappa shape index (κ2) is 10.8. The standard InChI is InChI=1S/C23H40N4O/c1-7-24-22(25-15-18-10-12-19(13-11-18)17-27(5)6)26-16-20-9-8-14-28-21(20)23(2,3)4/h10-13,20-21H,7-9,14-17H2,1-6H3,(H2,24,25,26). The van der Waals surface area contributed by atoms with Gasteiger partial charge in [0.15, 0.2) is 5.96 Å². The van der Waals surface area contributed by atoms with Gasteiger partial charge in [-0.1, -0.05) is 45.0 Å². The van der Waals surface area contributed by atoms with Crippen LogP contribution in [0.3, 0.4) is 0 Å². The van der Waals surface area contributed by atoms with E-state index in [2.05, 4.69) is 81.6 Å². The van der Waals surface area contributed by atoms with Crippen LogP contribution in [0.2, 0.25) is 0 Å². The van der Waals surface area contributed by atoms with Crippen LogP contribution < -0.4 is 10.6 Å². The molecule has 1 aliphatic heterocycles. The van der Waals surface area contributed by atoms with Crippen molar-refractivity contribution in [3.05, 3.63) is 35.4 Å². The van der Waals surface area contributed by atoms with Crippen LogP contribution in [0.15, 0.2) is 29.3 Å². The maximum atomic E-state index is 6.11. The summed E-state index contributed by atoms with van der Waals surface area (Å²) in [7, 11) is 4.18. The summed E-state index contributed by atoms with van der Waals surface area (Å²) >= 11 is 0. The highest BCUT2D eigenvalue weighted by atomic mass is 16.5. The number of nitrogens with one attached hydrogen (secondary N) is 2. The molecule has 2 atom stereocenters. The van der Waals surface area contributed by atoms with Gasteiger partial charge in [-0.3, -0.25) is 0 Å². The van der Waals surface area contributed by atoms with Gasteiger partial charge in [-0.15, -0.1) is 0 Å². The zero-order valence-corrected chi connectivity index (χ0v) is 18.7. The van der Waals surface area contributed by atoms with Gasteiger partial charge in [0.1, 0.15) is 0 Å². The summed E-state index contributed by atoms with van der Waals surface area (Å²) in [6.45, 7) is 13.2. The quantitative estimate of drug-likeness (QED) is 0.553. The molecule has 5 heteroatoms. The molecule has 2 unspecified atom stereocenters. The van der Waals surface area contributed by atoms with Crippen molar-refractivity contribution >= 4 is 5.96 Å². The molecular formula is C23H40N4O. The van der Waals surface area contributed by atoms with E-state index in [9.17, 15) is 0 Å². The lowest BCUT2D eigenvalue weighted by molar-refractivity contribution is -0.0835. The van der Waals surface area contributed by atoms with Gasteiger partial charge in [-0.2, -0.15) is 0 Å². The van der Waals surface area contributed by atoms with Gasteiger partial charge < -0.3 is 20.3 Å². The molecule has 0 aromatic heterocycles. The summed E-state index contributed by atoms with van der Waals surface area (Å²) < 4.78 is 6.11. The van der Waals surface area contributed by atoms with Crippen molar-refractivity contribution in [3.63, 3.8) is 0 Å². The predicted molar refractivity (Wildman–Crippen MR) is 119 cm³/mol. The van der Waals surface area contributed by atoms with Gasteiger partial charge in [-0.05, 0) is 50.4 Å². The van der Waals surface area contributed by atoms with E-state index in [-0.39, 0.29) is 5.41 Å². The van der Waals surface area contributed by atoms with Crippen molar-refractivity contribution in [2.45, 2.75) is 59.7 Å². The molecule has 0 radical (unpaired) electrons. The topological polar surface area (TPSA) is 48.9 Å². The molecule has 1 heterocycles. The Hall–Kier alpha value is -1.59. The summed E-state index contributed by atoms with van der Waals surface area (Å²) in [5.74, 6) is 1.40. The summed E-state index contributed by atoms with van der Waals surface area (Å²) in [6, 6.07) is 8.74. The molecule has 1 aliphatic rings. The van der Waals surface area contributed by atoms with Crippen molar-refractivity contribution in [3.8, 4) is 0 Å². The van der Waals surface area contributed by atoms with Crippen LogP contribution >= 0.6 is 0 Å². The number of ether oxygens (including phenoxy) is 1. The molecule has 2 N–H and O–H groups in total. The number of aliphatic imine (C=N–C) groups is 1. The van der Waals surface area contributed by atoms with Crippen molar-refractivity contribution in [2.24, 2.45) is 16.3 Å². The average molecular weight is 389 g/mol. The highest BCUT2D eigenvalue weighted by molar-refractivity contribution is 5.79. The fourth-order valence-electron chi connectivity index (χ4n) is 3.86. The van der Waals surface area contributed by atoms with Gasteiger partial charge in [0.05, 0.1) is 12.6 Å². The third-order valence-electron chi connectivity index (χ3n) is 5.12. The number of hydrogen-bond acceptors (Lipinski definition) is 3. The molecule has 0 aliphatic carbocycles. The number of rotatable bonds is 7. The molecule has 2 rings (SSSR count). The average Bonchev–Trinajstić information content (AvgIpc) is 2.64. The van der Waals surface area contributed by atoms with E-state index >= 15 is 0 Å². The van der Waals surface area contributed by atoms with E-state index in [1.807, 2.05) is 0 Å². The molecule has 0 saturated carbocycles. The van der Waals surface area contributed by atoms with Gasteiger partial charge in [0.25, 0.3) is 0 Å². The van der Waals surface area contributed by atoms with Gasteiger partial charge in [0, 0.05) is 32.2 Å². The van der Waals surface area contributed by atoms with Crippen molar-refractivity contribution in [1.29, 1.82) is 0 Å². The summed E-state index contributed by atoms with van der Waals surface area (Å²) in [4.78, 5) is 6.97. The summed E-state index contributed by atoms with van der Waals surface area (Å²) in [6.07, 6.45) is 2.65. The lowest BCUT2D eigenvalue weighted by Gasteiger charge is -2.40. The first kappa shape index (κ1) is 22.7. The smallest absolute Gasteiger partial charge is 0.191 e. The van der Waals surface area contributed by atoms with E-state index in [0.717, 1.165) is 38.6 Å². The van der Waals surface area contributed by atoms with Crippen LogP contribution in [0.1, 0.15) is 51.7 Å². The highest BCUT2D eigenvalue weighted by Gasteiger charge is 2.35. The molecule has 1 fully saturated rings. The Bertz CT molecular complexity index is 604. The Balaban J connectivity index is 1.94. The van der Waals surface area contributed by atoms with Crippen LogP contribution in [-0.4, -0.2) is 50.8 Å². The predicted octanol–water partition coefficient (Wildman–Crippen LogP) is 3.64. The first-order valence-electron chi connectivity index (χ1n) is 10.7. The molecule has 1 aromatic carbocycles. The summed E-state index contributed by atoms with van der Waals surface area (Å²) in [5, 5.41) is 6.93. The Labute approximate surface area is 171 Å². The largest absolute Gasteiger partial charge is 0.377 e. The molecule has 158 valence electrons. The Morgan fingerprint density at radius 1 is 1.14 bits per heavy atom. The normalized spacial score (nSPS) is 21.0. The zero-order chi connectivity index (χ0) is 20.6. The van der Waals surface area contributed by atoms with Gasteiger partial charge in [-0.25, -0.2) is 4.99 Å². The highest BCUT2D eigenvalue weighted by Crippen LogP contribution is 2.33. The fraction of sp³-hybridized carbons (Fsp3) is 0.696. The lowest BCUT2D eigenvalue weighted by Crippen LogP contribution is -2.47. The second-order valence-corrected chi connectivity index (χ2v) is 9.19. The third kappa shape index (κ3) is 7.44. The zero-order valence-electron chi connectivity index (χ0n) is 18.7. The Morgan fingerprint density at radius 3 is 2.43 bits per heavy atom. The Kier molecular flexibility index (Phi) is 8.77. The molecule has 0 amide bonds. The Morgan fingerprint density at radius 2 is 1.82 bits per heavy atom. The second-order valence-electron chi connectivity index (χ2n) is 9.19. The van der Waals surface area contributed by atoms with Crippen LogP contribution in [-0.2, 0) is 17.8 Å². The number of nitrogens with zero attached hydrogens (tertiary/aromatic N) is 2. The van der Waals surface area contributed by atoms with Crippen LogP contribution in [0.5, 0.6) is 0 Å². The molecule has 1 aromatic rings. The van der Waals surface area contributed by atoms with E-state index in [0.29, 0.717) is 18.6 Å².